The number of imide groups is 1. The predicted octanol–water partition coefficient (Wildman–Crippen LogP) is 7.68. The number of rotatable bonds is 7. The van der Waals surface area contributed by atoms with E-state index in [0.717, 1.165) is 11.0 Å². The van der Waals surface area contributed by atoms with Crippen molar-refractivity contribution in [3.63, 3.8) is 0 Å². The normalized spacial score (nSPS) is 12.4. The maximum absolute atomic E-state index is 13.5. The summed E-state index contributed by atoms with van der Waals surface area (Å²) in [5.74, 6) is -2.28. The van der Waals surface area contributed by atoms with Crippen LogP contribution in [0.15, 0.2) is 83.3 Å². The maximum atomic E-state index is 13.5. The number of Topliss-reactive ketones (excluding diaryl/α,β-unsaturated/α-hetero) is 1. The van der Waals surface area contributed by atoms with Crippen LogP contribution in [0.1, 0.15) is 52.6 Å². The molecule has 0 aliphatic carbocycles. The monoisotopic (exact) mass is 697 g/mol. The van der Waals surface area contributed by atoms with Gasteiger partial charge in [0.2, 0.25) is 5.78 Å². The van der Waals surface area contributed by atoms with Gasteiger partial charge in [0.1, 0.15) is 0 Å². The van der Waals surface area contributed by atoms with Crippen molar-refractivity contribution in [1.82, 2.24) is 4.98 Å². The number of aryl methyl sites for hydroxylation is 2. The lowest BCUT2D eigenvalue weighted by Gasteiger charge is -2.15. The number of amides is 2. The number of halogens is 2. The minimum Gasteiger partial charge on any atom is -0.454 e. The van der Waals surface area contributed by atoms with E-state index in [-0.39, 0.29) is 16.8 Å². The summed E-state index contributed by atoms with van der Waals surface area (Å²) in [5, 5.41) is 12.1. The lowest BCUT2D eigenvalue weighted by Crippen LogP contribution is -2.29. The third-order valence-corrected chi connectivity index (χ3v) is 9.06. The Morgan fingerprint density at radius 2 is 1.61 bits per heavy atom. The van der Waals surface area contributed by atoms with Gasteiger partial charge in [-0.25, -0.2) is 14.7 Å². The van der Waals surface area contributed by atoms with Crippen LogP contribution < -0.4 is 4.90 Å². The number of anilines is 1. The van der Waals surface area contributed by atoms with Crippen molar-refractivity contribution in [2.24, 2.45) is 0 Å². The van der Waals surface area contributed by atoms with E-state index < -0.39 is 35.1 Å². The third-order valence-electron chi connectivity index (χ3n) is 7.72. The Kier molecular flexibility index (Phi) is 7.97. The highest BCUT2D eigenvalue weighted by atomic mass is 79.9. The van der Waals surface area contributed by atoms with Crippen LogP contribution in [0.3, 0.4) is 0 Å². The van der Waals surface area contributed by atoms with E-state index in [1.165, 1.54) is 18.2 Å². The molecule has 0 spiro atoms. The number of carbonyl (C=O) groups excluding carboxylic acids is 4. The Morgan fingerprint density at radius 3 is 2.24 bits per heavy atom. The lowest BCUT2D eigenvalue weighted by molar-refractivity contribution is -0.385. The Hall–Kier alpha value is -5.26. The van der Waals surface area contributed by atoms with Crippen molar-refractivity contribution in [2.45, 2.75) is 13.8 Å². The first-order chi connectivity index (χ1) is 22.0. The molecule has 1 aliphatic heterocycles. The van der Waals surface area contributed by atoms with Crippen LogP contribution in [0.2, 0.25) is 5.02 Å². The van der Waals surface area contributed by atoms with Gasteiger partial charge in [0.15, 0.2) is 6.61 Å². The second-order valence-corrected chi connectivity index (χ2v) is 11.8. The minimum absolute atomic E-state index is 0.0360. The summed E-state index contributed by atoms with van der Waals surface area (Å²) < 4.78 is 5.93. The zero-order valence-corrected chi connectivity index (χ0v) is 26.5. The number of esters is 1. The molecule has 10 nitrogen and oxygen atoms in total. The number of hydrogen-bond acceptors (Lipinski definition) is 8. The number of pyridine rings is 1. The van der Waals surface area contributed by atoms with Crippen LogP contribution in [0, 0.1) is 24.0 Å². The van der Waals surface area contributed by atoms with Gasteiger partial charge < -0.3 is 4.74 Å². The first kappa shape index (κ1) is 30.8. The minimum atomic E-state index is -0.820. The SMILES string of the molecule is Cc1ccc(C(=O)COC(=O)c2cc(-c3ccc(N4C(=O)c5ccccc5C4=O)cc3)nc3c(C)c(Cl)c(Br)cc23)cc1[N+](=O)[O-]. The number of aromatic nitrogens is 1. The van der Waals surface area contributed by atoms with Crippen molar-refractivity contribution in [3.8, 4) is 11.3 Å². The van der Waals surface area contributed by atoms with Crippen molar-refractivity contribution in [1.29, 1.82) is 0 Å². The molecule has 6 rings (SSSR count). The van der Waals surface area contributed by atoms with Gasteiger partial charge in [-0.1, -0.05) is 48.0 Å². The summed E-state index contributed by atoms with van der Waals surface area (Å²) >= 11 is 9.91. The molecule has 4 aromatic carbocycles. The van der Waals surface area contributed by atoms with Gasteiger partial charge in [-0.2, -0.15) is 0 Å². The van der Waals surface area contributed by atoms with E-state index in [4.69, 9.17) is 21.3 Å². The second kappa shape index (κ2) is 11.9. The predicted molar refractivity (Wildman–Crippen MR) is 175 cm³/mol. The smallest absolute Gasteiger partial charge is 0.339 e. The topological polar surface area (TPSA) is 137 Å². The Morgan fingerprint density at radius 1 is 0.957 bits per heavy atom. The highest BCUT2D eigenvalue weighted by Gasteiger charge is 2.36. The maximum Gasteiger partial charge on any atom is 0.339 e. The van der Waals surface area contributed by atoms with Crippen LogP contribution in [-0.2, 0) is 4.74 Å². The lowest BCUT2D eigenvalue weighted by atomic mass is 10.0. The molecular weight excluding hydrogens is 678 g/mol. The zero-order valence-electron chi connectivity index (χ0n) is 24.2. The molecule has 0 saturated heterocycles. The van der Waals surface area contributed by atoms with Gasteiger partial charge >= 0.3 is 5.97 Å². The van der Waals surface area contributed by atoms with Crippen molar-refractivity contribution in [2.75, 3.05) is 11.5 Å². The summed E-state index contributed by atoms with van der Waals surface area (Å²) in [6.07, 6.45) is 0. The first-order valence-electron chi connectivity index (χ1n) is 13.8. The fourth-order valence-electron chi connectivity index (χ4n) is 5.25. The molecule has 1 aromatic heterocycles. The molecule has 0 bridgehead atoms. The summed E-state index contributed by atoms with van der Waals surface area (Å²) in [6.45, 7) is 2.66. The van der Waals surface area contributed by atoms with Gasteiger partial charge in [-0.05, 0) is 71.7 Å². The van der Waals surface area contributed by atoms with E-state index in [1.54, 1.807) is 68.4 Å². The number of nitrogens with zero attached hydrogens (tertiary/aromatic N) is 3. The molecule has 0 unspecified atom stereocenters. The molecule has 0 atom stereocenters. The van der Waals surface area contributed by atoms with E-state index >= 15 is 0 Å². The Labute approximate surface area is 274 Å². The average Bonchev–Trinajstić information content (AvgIpc) is 3.31. The molecule has 46 heavy (non-hydrogen) atoms. The molecule has 228 valence electrons. The number of carbonyl (C=O) groups is 4. The average molecular weight is 699 g/mol. The summed E-state index contributed by atoms with van der Waals surface area (Å²) in [6, 6.07) is 20.4. The molecule has 12 heteroatoms. The quantitative estimate of drug-likeness (QED) is 0.0555. The molecule has 5 aromatic rings. The number of nitro groups is 1. The third kappa shape index (κ3) is 5.33. The van der Waals surface area contributed by atoms with Crippen LogP contribution >= 0.6 is 27.5 Å². The number of nitro benzene ring substituents is 1. The molecular formula is C34H21BrClN3O7. The molecule has 0 saturated carbocycles. The fraction of sp³-hybridized carbons (Fsp3) is 0.0882. The summed E-state index contributed by atoms with van der Waals surface area (Å²) in [5.41, 5.74) is 3.29. The number of ketones is 1. The molecule has 0 N–H and O–H groups in total. The molecule has 0 radical (unpaired) electrons. The Balaban J connectivity index is 1.33. The van der Waals surface area contributed by atoms with Crippen LogP contribution in [0.25, 0.3) is 22.2 Å². The molecule has 2 amide bonds. The van der Waals surface area contributed by atoms with Gasteiger partial charge in [0, 0.05) is 32.6 Å². The van der Waals surface area contributed by atoms with Crippen LogP contribution in [0.4, 0.5) is 11.4 Å². The highest BCUT2D eigenvalue weighted by molar-refractivity contribution is 9.10. The first-order valence-corrected chi connectivity index (χ1v) is 15.0. The molecule has 1 aliphatic rings. The van der Waals surface area contributed by atoms with Crippen molar-refractivity contribution < 1.29 is 28.8 Å². The summed E-state index contributed by atoms with van der Waals surface area (Å²) in [7, 11) is 0. The van der Waals surface area contributed by atoms with E-state index in [1.807, 2.05) is 0 Å². The van der Waals surface area contributed by atoms with Crippen molar-refractivity contribution in [3.05, 3.63) is 132 Å². The number of ether oxygens (including phenoxy) is 1. The van der Waals surface area contributed by atoms with Crippen LogP contribution in [-0.4, -0.2) is 40.1 Å². The highest BCUT2D eigenvalue weighted by Crippen LogP contribution is 2.36. The fourth-order valence-corrected chi connectivity index (χ4v) is 5.92. The Bertz CT molecular complexity index is 2130. The van der Waals surface area contributed by atoms with E-state index in [0.29, 0.717) is 59.6 Å². The number of benzene rings is 4. The zero-order chi connectivity index (χ0) is 32.9. The molecule has 2 heterocycles. The second-order valence-electron chi connectivity index (χ2n) is 10.5. The number of hydrogen-bond donors (Lipinski definition) is 0. The van der Waals surface area contributed by atoms with Gasteiger partial charge in [-0.15, -0.1) is 0 Å². The summed E-state index contributed by atoms with van der Waals surface area (Å²) in [4.78, 5) is 68.8. The van der Waals surface area contributed by atoms with Gasteiger partial charge in [0.25, 0.3) is 17.5 Å². The molecule has 0 fully saturated rings. The van der Waals surface area contributed by atoms with Crippen molar-refractivity contribution >= 4 is 73.4 Å². The van der Waals surface area contributed by atoms with Crippen LogP contribution in [0.5, 0.6) is 0 Å². The van der Waals surface area contributed by atoms with E-state index in [9.17, 15) is 29.3 Å². The standard InChI is InChI=1S/C34H21BrClN3O7/c1-17-7-8-20(13-28(17)39(44)45)29(40)16-46-34(43)25-15-27(37-31-18(2)30(36)26(35)14-24(25)31)19-9-11-21(12-10-19)38-32(41)22-5-3-4-6-23(22)33(38)42/h3-15H,16H2,1-2H3. The number of fused-ring (bicyclic) bond motifs is 2. The van der Waals surface area contributed by atoms with Gasteiger partial charge in [-0.3, -0.25) is 24.5 Å². The van der Waals surface area contributed by atoms with Gasteiger partial charge in [0.05, 0.1) is 43.5 Å². The van der Waals surface area contributed by atoms with E-state index in [2.05, 4.69) is 15.9 Å². The largest absolute Gasteiger partial charge is 0.454 e.